The van der Waals surface area contributed by atoms with Crippen molar-refractivity contribution < 1.29 is 17.9 Å². The molecule has 2 saturated carbocycles. The largest absolute Gasteiger partial charge is 0.490 e. The number of benzene rings is 2. The number of hydrogen-bond acceptors (Lipinski definition) is 1. The van der Waals surface area contributed by atoms with Crippen LogP contribution >= 0.6 is 0 Å². The molecule has 2 aliphatic carbocycles. The summed E-state index contributed by atoms with van der Waals surface area (Å²) in [7, 11) is 0. The predicted molar refractivity (Wildman–Crippen MR) is 119 cm³/mol. The molecular weight excluding hydrogens is 397 g/mol. The van der Waals surface area contributed by atoms with Crippen molar-refractivity contribution >= 4 is 0 Å². The Morgan fingerprint density at radius 2 is 1.68 bits per heavy atom. The Morgan fingerprint density at radius 3 is 2.26 bits per heavy atom. The molecule has 0 saturated heterocycles. The third-order valence-corrected chi connectivity index (χ3v) is 7.40. The lowest BCUT2D eigenvalue weighted by Gasteiger charge is -2.44. The second kappa shape index (κ2) is 7.86. The Balaban J connectivity index is 1.49. The maximum Gasteiger partial charge on any atom is 0.136 e. The molecule has 4 rings (SSSR count). The second-order valence-corrected chi connectivity index (χ2v) is 11.0. The SMILES string of the molecule is CC(C)C1CC(F)(c2cc(F)cc(-c3ccc(OC4CC(C(C)(C)C)C4)cc3F)c2)C1. The van der Waals surface area contributed by atoms with E-state index in [4.69, 9.17) is 4.74 Å². The van der Waals surface area contributed by atoms with Crippen LogP contribution in [0.2, 0.25) is 0 Å². The van der Waals surface area contributed by atoms with Gasteiger partial charge in [0.2, 0.25) is 0 Å². The number of alkyl halides is 1. The summed E-state index contributed by atoms with van der Waals surface area (Å²) in [5, 5.41) is 0. The Morgan fingerprint density at radius 1 is 1.00 bits per heavy atom. The van der Waals surface area contributed by atoms with Gasteiger partial charge in [-0.25, -0.2) is 13.2 Å². The molecule has 0 atom stereocenters. The van der Waals surface area contributed by atoms with Gasteiger partial charge in [0.05, 0.1) is 6.10 Å². The zero-order chi connectivity index (χ0) is 22.6. The highest BCUT2D eigenvalue weighted by Gasteiger charge is 2.47. The van der Waals surface area contributed by atoms with Crippen LogP contribution in [0.25, 0.3) is 11.1 Å². The molecule has 0 bridgehead atoms. The van der Waals surface area contributed by atoms with Crippen molar-refractivity contribution in [1.29, 1.82) is 0 Å². The van der Waals surface area contributed by atoms with Gasteiger partial charge in [-0.1, -0.05) is 34.6 Å². The van der Waals surface area contributed by atoms with Crippen molar-refractivity contribution in [3.05, 3.63) is 53.6 Å². The van der Waals surface area contributed by atoms with Crippen LogP contribution in [-0.4, -0.2) is 6.10 Å². The first-order valence-electron chi connectivity index (χ1n) is 11.4. The van der Waals surface area contributed by atoms with Crippen molar-refractivity contribution in [2.75, 3.05) is 0 Å². The van der Waals surface area contributed by atoms with Crippen molar-refractivity contribution in [3.63, 3.8) is 0 Å². The van der Waals surface area contributed by atoms with E-state index in [9.17, 15) is 8.78 Å². The first-order chi connectivity index (χ1) is 14.4. The molecule has 1 nitrogen and oxygen atoms in total. The van der Waals surface area contributed by atoms with Crippen LogP contribution in [0.1, 0.15) is 65.9 Å². The Hall–Kier alpha value is -1.97. The summed E-state index contributed by atoms with van der Waals surface area (Å²) in [6.07, 6.45) is 2.82. The Labute approximate surface area is 184 Å². The summed E-state index contributed by atoms with van der Waals surface area (Å²) in [6, 6.07) is 8.79. The fraction of sp³-hybridized carbons (Fsp3) is 0.556. The molecule has 31 heavy (non-hydrogen) atoms. The molecule has 0 radical (unpaired) electrons. The standard InChI is InChI=1S/C27H33F3O/c1-16(2)18-14-27(30,15-18)20-8-17(9-21(28)10-20)24-7-6-22(13-25(24)29)31-23-11-19(12-23)26(3,4)5/h6-10,13,16,18-19,23H,11-12,14-15H2,1-5H3. The van der Waals surface area contributed by atoms with Gasteiger partial charge in [0.25, 0.3) is 0 Å². The highest BCUT2D eigenvalue weighted by Crippen LogP contribution is 2.52. The molecule has 0 N–H and O–H groups in total. The van der Waals surface area contributed by atoms with E-state index in [0.717, 1.165) is 12.8 Å². The van der Waals surface area contributed by atoms with Gasteiger partial charge in [-0.3, -0.25) is 0 Å². The quantitative estimate of drug-likeness (QED) is 0.466. The second-order valence-electron chi connectivity index (χ2n) is 11.0. The van der Waals surface area contributed by atoms with Gasteiger partial charge in [-0.15, -0.1) is 0 Å². The van der Waals surface area contributed by atoms with Crippen LogP contribution in [-0.2, 0) is 5.67 Å². The molecule has 2 aromatic carbocycles. The maximum absolute atomic E-state index is 15.3. The minimum absolute atomic E-state index is 0.106. The van der Waals surface area contributed by atoms with Crippen LogP contribution in [0.15, 0.2) is 36.4 Å². The first-order valence-corrected chi connectivity index (χ1v) is 11.4. The van der Waals surface area contributed by atoms with Crippen LogP contribution < -0.4 is 4.74 Å². The van der Waals surface area contributed by atoms with E-state index in [1.807, 2.05) is 0 Å². The summed E-state index contributed by atoms with van der Waals surface area (Å²) in [5.41, 5.74) is -0.341. The summed E-state index contributed by atoms with van der Waals surface area (Å²) >= 11 is 0. The van der Waals surface area contributed by atoms with Crippen molar-refractivity contribution in [3.8, 4) is 16.9 Å². The molecule has 0 unspecified atom stereocenters. The lowest BCUT2D eigenvalue weighted by Crippen LogP contribution is -2.40. The van der Waals surface area contributed by atoms with Gasteiger partial charge < -0.3 is 4.74 Å². The topological polar surface area (TPSA) is 9.23 Å². The first kappa shape index (κ1) is 22.2. The third kappa shape index (κ3) is 4.49. The van der Waals surface area contributed by atoms with Crippen LogP contribution in [0, 0.1) is 34.8 Å². The summed E-state index contributed by atoms with van der Waals surface area (Å²) in [5.74, 6) is 0.769. The van der Waals surface area contributed by atoms with E-state index in [2.05, 4.69) is 34.6 Å². The van der Waals surface area contributed by atoms with Crippen LogP contribution in [0.4, 0.5) is 13.2 Å². The maximum atomic E-state index is 15.3. The zero-order valence-electron chi connectivity index (χ0n) is 19.1. The molecule has 0 heterocycles. The average Bonchev–Trinajstić information content (AvgIpc) is 2.60. The number of hydrogen-bond donors (Lipinski definition) is 0. The average molecular weight is 431 g/mol. The third-order valence-electron chi connectivity index (χ3n) is 7.40. The highest BCUT2D eigenvalue weighted by molar-refractivity contribution is 5.66. The van der Waals surface area contributed by atoms with Crippen LogP contribution in [0.3, 0.4) is 0 Å². The summed E-state index contributed by atoms with van der Waals surface area (Å²) in [4.78, 5) is 0. The number of halogens is 3. The summed E-state index contributed by atoms with van der Waals surface area (Å²) in [6.45, 7) is 10.8. The smallest absolute Gasteiger partial charge is 0.136 e. The lowest BCUT2D eigenvalue weighted by molar-refractivity contribution is -0.0185. The predicted octanol–water partition coefficient (Wildman–Crippen LogP) is 8.07. The summed E-state index contributed by atoms with van der Waals surface area (Å²) < 4.78 is 50.5. The van der Waals surface area contributed by atoms with Gasteiger partial charge in [-0.05, 0) is 90.3 Å². The normalized spacial score (nSPS) is 28.2. The highest BCUT2D eigenvalue weighted by atomic mass is 19.1. The monoisotopic (exact) mass is 430 g/mol. The van der Waals surface area contributed by atoms with Gasteiger partial charge in [0.1, 0.15) is 23.1 Å². The van der Waals surface area contributed by atoms with E-state index in [1.165, 1.54) is 18.2 Å². The molecule has 0 amide bonds. The van der Waals surface area contributed by atoms with Crippen molar-refractivity contribution in [1.82, 2.24) is 0 Å². The molecule has 4 heteroatoms. The fourth-order valence-corrected chi connectivity index (χ4v) is 4.85. The molecule has 0 aliphatic heterocycles. The van der Waals surface area contributed by atoms with E-state index in [1.54, 1.807) is 18.2 Å². The van der Waals surface area contributed by atoms with Crippen LogP contribution in [0.5, 0.6) is 5.75 Å². The van der Waals surface area contributed by atoms with Gasteiger partial charge in [0, 0.05) is 11.6 Å². The molecule has 0 aromatic heterocycles. The van der Waals surface area contributed by atoms with Gasteiger partial charge in [-0.2, -0.15) is 0 Å². The van der Waals surface area contributed by atoms with E-state index in [-0.39, 0.29) is 17.1 Å². The molecule has 2 aliphatic rings. The molecule has 2 aromatic rings. The minimum Gasteiger partial charge on any atom is -0.490 e. The van der Waals surface area contributed by atoms with E-state index >= 15 is 4.39 Å². The number of ether oxygens (including phenoxy) is 1. The lowest BCUT2D eigenvalue weighted by atomic mass is 9.64. The van der Waals surface area contributed by atoms with Crippen molar-refractivity contribution in [2.24, 2.45) is 23.2 Å². The Bertz CT molecular complexity index is 947. The van der Waals surface area contributed by atoms with E-state index in [0.29, 0.717) is 47.5 Å². The molecule has 0 spiro atoms. The van der Waals surface area contributed by atoms with Crippen molar-refractivity contribution in [2.45, 2.75) is 72.1 Å². The zero-order valence-corrected chi connectivity index (χ0v) is 19.1. The molecule has 168 valence electrons. The Kier molecular flexibility index (Phi) is 5.64. The minimum atomic E-state index is -1.53. The fourth-order valence-electron chi connectivity index (χ4n) is 4.85. The number of rotatable bonds is 5. The molecule has 2 fully saturated rings. The van der Waals surface area contributed by atoms with Gasteiger partial charge in [0.15, 0.2) is 0 Å². The van der Waals surface area contributed by atoms with E-state index < -0.39 is 17.3 Å². The molecular formula is C27H33F3O. The van der Waals surface area contributed by atoms with Gasteiger partial charge >= 0.3 is 0 Å².